The number of ether oxygens (including phenoxy) is 1. The summed E-state index contributed by atoms with van der Waals surface area (Å²) < 4.78 is 7.62. The summed E-state index contributed by atoms with van der Waals surface area (Å²) in [6.07, 6.45) is 3.27. The minimum atomic E-state index is -0.0595. The van der Waals surface area contributed by atoms with Gasteiger partial charge in [-0.3, -0.25) is 9.59 Å². The van der Waals surface area contributed by atoms with Crippen LogP contribution in [0.15, 0.2) is 24.4 Å². The van der Waals surface area contributed by atoms with Gasteiger partial charge in [0.2, 0.25) is 5.91 Å². The lowest BCUT2D eigenvalue weighted by Crippen LogP contribution is -2.52. The van der Waals surface area contributed by atoms with Crippen molar-refractivity contribution in [3.63, 3.8) is 0 Å². The van der Waals surface area contributed by atoms with Gasteiger partial charge >= 0.3 is 0 Å². The van der Waals surface area contributed by atoms with Gasteiger partial charge in [-0.1, -0.05) is 6.07 Å². The number of aromatic nitrogens is 2. The summed E-state index contributed by atoms with van der Waals surface area (Å²) in [5.41, 5.74) is 2.28. The molecular formula is C18H22N4O3. The Morgan fingerprint density at radius 3 is 2.88 bits per heavy atom. The van der Waals surface area contributed by atoms with Crippen LogP contribution >= 0.6 is 0 Å². The number of hydrogen-bond donors (Lipinski definition) is 0. The van der Waals surface area contributed by atoms with Crippen molar-refractivity contribution in [3.05, 3.63) is 35.8 Å². The topological polar surface area (TPSA) is 67.2 Å². The highest BCUT2D eigenvalue weighted by Gasteiger charge is 2.37. The molecule has 25 heavy (non-hydrogen) atoms. The maximum Gasteiger partial charge on any atom is 0.274 e. The monoisotopic (exact) mass is 342 g/mol. The lowest BCUT2D eigenvalue weighted by Gasteiger charge is -2.37. The molecule has 0 aromatic carbocycles. The molecule has 0 aliphatic carbocycles. The Kier molecular flexibility index (Phi) is 3.95. The summed E-state index contributed by atoms with van der Waals surface area (Å²) in [4.78, 5) is 32.8. The molecule has 2 aliphatic heterocycles. The van der Waals surface area contributed by atoms with Crippen LogP contribution in [0.2, 0.25) is 0 Å². The molecule has 2 aliphatic rings. The van der Waals surface area contributed by atoms with E-state index in [0.717, 1.165) is 24.2 Å². The fourth-order valence-electron chi connectivity index (χ4n) is 3.78. The molecule has 2 atom stereocenters. The van der Waals surface area contributed by atoms with E-state index >= 15 is 0 Å². The zero-order valence-electron chi connectivity index (χ0n) is 14.5. The van der Waals surface area contributed by atoms with Gasteiger partial charge in [-0.2, -0.15) is 0 Å². The molecule has 0 bridgehead atoms. The number of aryl methyl sites for hydroxylation is 1. The molecule has 7 nitrogen and oxygen atoms in total. The van der Waals surface area contributed by atoms with Crippen molar-refractivity contribution in [1.29, 1.82) is 0 Å². The predicted octanol–water partition coefficient (Wildman–Crippen LogP) is 1.10. The normalized spacial score (nSPS) is 24.3. The van der Waals surface area contributed by atoms with Crippen molar-refractivity contribution in [2.24, 2.45) is 0 Å². The predicted molar refractivity (Wildman–Crippen MR) is 91.4 cm³/mol. The number of fused-ring (bicyclic) bond motifs is 2. The van der Waals surface area contributed by atoms with Gasteiger partial charge in [0.1, 0.15) is 17.9 Å². The van der Waals surface area contributed by atoms with E-state index < -0.39 is 0 Å². The fraction of sp³-hybridized carbons (Fsp3) is 0.500. The summed E-state index contributed by atoms with van der Waals surface area (Å²) in [6, 6.07) is 5.87. The standard InChI is InChI=1S/C18H22N4O3/c1-12-4-3-5-16-19-13(10-22(12)16)18(24)21-8-6-14-15(7-9-21)25-11-17(23)20(14)2/h3-5,10,14-15H,6-9,11H2,1-2H3/t14-,15-/m0/s1. The molecule has 2 aromatic rings. The minimum Gasteiger partial charge on any atom is -0.366 e. The van der Waals surface area contributed by atoms with Crippen molar-refractivity contribution in [1.82, 2.24) is 19.2 Å². The molecule has 0 saturated carbocycles. The smallest absolute Gasteiger partial charge is 0.274 e. The van der Waals surface area contributed by atoms with Crippen molar-refractivity contribution < 1.29 is 14.3 Å². The summed E-state index contributed by atoms with van der Waals surface area (Å²) in [7, 11) is 1.82. The van der Waals surface area contributed by atoms with Crippen LogP contribution in [0.5, 0.6) is 0 Å². The molecule has 2 fully saturated rings. The Bertz CT molecular complexity index is 831. The van der Waals surface area contributed by atoms with Crippen LogP contribution in [0.25, 0.3) is 5.65 Å². The molecule has 132 valence electrons. The number of morpholine rings is 1. The highest BCUT2D eigenvalue weighted by atomic mass is 16.5. The number of amides is 2. The number of likely N-dealkylation sites (N-methyl/N-ethyl adjacent to an activating group) is 1. The summed E-state index contributed by atoms with van der Waals surface area (Å²) >= 11 is 0. The highest BCUT2D eigenvalue weighted by molar-refractivity contribution is 5.93. The van der Waals surface area contributed by atoms with Crippen molar-refractivity contribution >= 4 is 17.5 Å². The van der Waals surface area contributed by atoms with E-state index in [-0.39, 0.29) is 30.6 Å². The molecule has 2 aromatic heterocycles. The van der Waals surface area contributed by atoms with Gasteiger partial charge in [0.15, 0.2) is 0 Å². The van der Waals surface area contributed by atoms with E-state index in [4.69, 9.17) is 4.74 Å². The fourth-order valence-corrected chi connectivity index (χ4v) is 3.78. The zero-order valence-corrected chi connectivity index (χ0v) is 14.5. The first-order valence-corrected chi connectivity index (χ1v) is 8.66. The lowest BCUT2D eigenvalue weighted by atomic mass is 10.0. The Morgan fingerprint density at radius 1 is 1.28 bits per heavy atom. The average molecular weight is 342 g/mol. The number of nitrogens with zero attached hydrogens (tertiary/aromatic N) is 4. The average Bonchev–Trinajstić information content (AvgIpc) is 2.93. The minimum absolute atomic E-state index is 0.00353. The molecule has 2 saturated heterocycles. The Hall–Kier alpha value is -2.41. The number of hydrogen-bond acceptors (Lipinski definition) is 4. The van der Waals surface area contributed by atoms with E-state index in [9.17, 15) is 9.59 Å². The number of imidazole rings is 1. The van der Waals surface area contributed by atoms with E-state index in [1.54, 1.807) is 11.1 Å². The zero-order chi connectivity index (χ0) is 17.6. The molecule has 7 heteroatoms. The SMILES string of the molecule is Cc1cccc2nc(C(=O)N3CC[C@@H]4OCC(=O)N(C)[C@H]4CC3)cn12. The lowest BCUT2D eigenvalue weighted by molar-refractivity contribution is -0.154. The highest BCUT2D eigenvalue weighted by Crippen LogP contribution is 2.24. The molecule has 2 amide bonds. The first-order chi connectivity index (χ1) is 12.0. The Morgan fingerprint density at radius 2 is 2.08 bits per heavy atom. The number of likely N-dealkylation sites (tertiary alicyclic amines) is 1. The first-order valence-electron chi connectivity index (χ1n) is 8.66. The van der Waals surface area contributed by atoms with Crippen LogP contribution in [-0.2, 0) is 9.53 Å². The van der Waals surface area contributed by atoms with E-state index in [1.807, 2.05) is 41.5 Å². The van der Waals surface area contributed by atoms with Gasteiger partial charge in [-0.25, -0.2) is 4.98 Å². The maximum absolute atomic E-state index is 12.9. The maximum atomic E-state index is 12.9. The molecule has 0 radical (unpaired) electrons. The van der Waals surface area contributed by atoms with Crippen LogP contribution in [0.3, 0.4) is 0 Å². The van der Waals surface area contributed by atoms with E-state index in [1.165, 1.54) is 0 Å². The third kappa shape index (κ3) is 2.78. The molecule has 0 unspecified atom stereocenters. The molecule has 4 heterocycles. The summed E-state index contributed by atoms with van der Waals surface area (Å²) in [6.45, 7) is 3.35. The van der Waals surface area contributed by atoms with Gasteiger partial charge in [0.25, 0.3) is 5.91 Å². The van der Waals surface area contributed by atoms with E-state index in [0.29, 0.717) is 18.8 Å². The third-order valence-corrected chi connectivity index (χ3v) is 5.32. The summed E-state index contributed by atoms with van der Waals surface area (Å²) in [5.74, 6) is -0.0485. The number of pyridine rings is 1. The quantitative estimate of drug-likeness (QED) is 0.778. The van der Waals surface area contributed by atoms with Crippen LogP contribution < -0.4 is 0 Å². The van der Waals surface area contributed by atoms with Crippen LogP contribution in [0, 0.1) is 6.92 Å². The Labute approximate surface area is 146 Å². The second-order valence-corrected chi connectivity index (χ2v) is 6.81. The van der Waals surface area contributed by atoms with Gasteiger partial charge in [0.05, 0.1) is 12.1 Å². The van der Waals surface area contributed by atoms with Crippen LogP contribution in [0.1, 0.15) is 29.0 Å². The molecule has 0 spiro atoms. The molecule has 0 N–H and O–H groups in total. The number of rotatable bonds is 1. The largest absolute Gasteiger partial charge is 0.366 e. The van der Waals surface area contributed by atoms with Gasteiger partial charge < -0.3 is 18.9 Å². The van der Waals surface area contributed by atoms with Crippen LogP contribution in [-0.4, -0.2) is 69.9 Å². The van der Waals surface area contributed by atoms with E-state index in [2.05, 4.69) is 4.98 Å². The number of carbonyl (C=O) groups is 2. The van der Waals surface area contributed by atoms with Crippen molar-refractivity contribution in [2.75, 3.05) is 26.7 Å². The van der Waals surface area contributed by atoms with Gasteiger partial charge in [-0.05, 0) is 31.9 Å². The Balaban J connectivity index is 1.54. The second kappa shape index (κ2) is 6.15. The van der Waals surface area contributed by atoms with Crippen LogP contribution in [0.4, 0.5) is 0 Å². The summed E-state index contributed by atoms with van der Waals surface area (Å²) in [5, 5.41) is 0. The first kappa shape index (κ1) is 16.1. The third-order valence-electron chi connectivity index (χ3n) is 5.32. The molecular weight excluding hydrogens is 320 g/mol. The number of carbonyl (C=O) groups excluding carboxylic acids is 2. The van der Waals surface area contributed by atoms with Gasteiger partial charge in [0, 0.05) is 32.0 Å². The van der Waals surface area contributed by atoms with Crippen molar-refractivity contribution in [3.8, 4) is 0 Å². The van der Waals surface area contributed by atoms with Crippen molar-refractivity contribution in [2.45, 2.75) is 31.9 Å². The molecule has 4 rings (SSSR count). The second-order valence-electron chi connectivity index (χ2n) is 6.81. The van der Waals surface area contributed by atoms with Gasteiger partial charge in [-0.15, -0.1) is 0 Å².